The van der Waals surface area contributed by atoms with Crippen molar-refractivity contribution in [1.29, 1.82) is 0 Å². The molecule has 0 spiro atoms. The normalized spacial score (nSPS) is 11.0. The molecule has 218 valence electrons. The molecule has 9 nitrogen and oxygen atoms in total. The van der Waals surface area contributed by atoms with Crippen LogP contribution < -0.4 is 16.2 Å². The third kappa shape index (κ3) is 7.55. The van der Waals surface area contributed by atoms with E-state index >= 15 is 0 Å². The van der Waals surface area contributed by atoms with E-state index in [2.05, 4.69) is 34.4 Å². The van der Waals surface area contributed by atoms with Crippen LogP contribution in [-0.2, 0) is 6.54 Å². The highest BCUT2D eigenvalue weighted by Crippen LogP contribution is 2.32. The van der Waals surface area contributed by atoms with Crippen molar-refractivity contribution in [2.45, 2.75) is 26.8 Å². The number of aromatic nitrogens is 2. The lowest BCUT2D eigenvalue weighted by molar-refractivity contribution is 0.102. The van der Waals surface area contributed by atoms with Crippen molar-refractivity contribution in [1.82, 2.24) is 14.5 Å². The molecule has 0 atom stereocenters. The van der Waals surface area contributed by atoms with E-state index in [0.717, 1.165) is 26.1 Å². The number of nitrogens with zero attached hydrogens (tertiary/aromatic N) is 3. The topological polar surface area (TPSA) is 117 Å². The first-order valence-electron chi connectivity index (χ1n) is 13.5. The second-order valence-electron chi connectivity index (χ2n) is 9.50. The van der Waals surface area contributed by atoms with Gasteiger partial charge in [0.2, 0.25) is 0 Å². The van der Waals surface area contributed by atoms with Gasteiger partial charge < -0.3 is 25.2 Å². The van der Waals surface area contributed by atoms with Crippen molar-refractivity contribution in [3.05, 3.63) is 105 Å². The van der Waals surface area contributed by atoms with Crippen molar-refractivity contribution in [2.75, 3.05) is 30.3 Å². The second kappa shape index (κ2) is 14.1. The number of hydrogen-bond acceptors (Lipinski definition) is 6. The average molecular weight is 609 g/mol. The standard InChI is InChI=1S/C31H31Cl2N5O4/c1-3-37(4-2)14-6-16-38-15-5-7-24(31(38)42)20-8-10-21(11-9-20)29(40)36-28-25(17-23(33)18-26(28)39)30(41)35-27-13-12-22(32)19-34-27/h5,7-13,15,17-19,39H,3-4,6,14,16H2,1-2H3,(H,36,40)(H,34,35,41). The Morgan fingerprint density at radius 1 is 0.952 bits per heavy atom. The first kappa shape index (κ1) is 30.8. The minimum Gasteiger partial charge on any atom is -0.506 e. The molecule has 3 N–H and O–H groups in total. The Kier molecular flexibility index (Phi) is 10.4. The minimum atomic E-state index is -0.647. The number of phenols is 1. The van der Waals surface area contributed by atoms with E-state index in [1.165, 1.54) is 24.4 Å². The number of nitrogens with one attached hydrogen (secondary N) is 2. The number of phenolic OH excluding ortho intramolecular Hbond substituents is 1. The van der Waals surface area contributed by atoms with E-state index in [1.54, 1.807) is 47.2 Å². The molecule has 0 radical (unpaired) electrons. The molecule has 0 bridgehead atoms. The van der Waals surface area contributed by atoms with Crippen LogP contribution in [0, 0.1) is 0 Å². The van der Waals surface area contributed by atoms with Crippen LogP contribution in [0.1, 0.15) is 41.0 Å². The largest absolute Gasteiger partial charge is 0.506 e. The maximum Gasteiger partial charge on any atom is 0.259 e. The van der Waals surface area contributed by atoms with Crippen molar-refractivity contribution < 1.29 is 14.7 Å². The molecule has 0 aliphatic heterocycles. The molecule has 2 amide bonds. The monoisotopic (exact) mass is 607 g/mol. The third-order valence-corrected chi connectivity index (χ3v) is 7.22. The molecule has 2 heterocycles. The van der Waals surface area contributed by atoms with E-state index in [0.29, 0.717) is 22.7 Å². The summed E-state index contributed by atoms with van der Waals surface area (Å²) in [4.78, 5) is 45.6. The zero-order chi connectivity index (χ0) is 30.2. The smallest absolute Gasteiger partial charge is 0.259 e. The highest BCUT2D eigenvalue weighted by Gasteiger charge is 2.20. The molecule has 42 heavy (non-hydrogen) atoms. The highest BCUT2D eigenvalue weighted by molar-refractivity contribution is 6.32. The van der Waals surface area contributed by atoms with E-state index in [4.69, 9.17) is 23.2 Å². The molecule has 11 heteroatoms. The van der Waals surface area contributed by atoms with Crippen LogP contribution in [0.25, 0.3) is 11.1 Å². The second-order valence-corrected chi connectivity index (χ2v) is 10.4. The van der Waals surface area contributed by atoms with E-state index < -0.39 is 11.8 Å². The summed E-state index contributed by atoms with van der Waals surface area (Å²) in [6.45, 7) is 7.70. The summed E-state index contributed by atoms with van der Waals surface area (Å²) in [6, 6.07) is 15.7. The van der Waals surface area contributed by atoms with Crippen molar-refractivity contribution in [2.24, 2.45) is 0 Å². The number of rotatable bonds is 11. The lowest BCUT2D eigenvalue weighted by Crippen LogP contribution is -2.27. The first-order chi connectivity index (χ1) is 20.2. The molecule has 0 aliphatic carbocycles. The van der Waals surface area contributed by atoms with Crippen molar-refractivity contribution in [3.63, 3.8) is 0 Å². The fourth-order valence-electron chi connectivity index (χ4n) is 4.46. The molecule has 0 saturated carbocycles. The number of carbonyl (C=O) groups excluding carboxylic acids is 2. The molecule has 2 aromatic heterocycles. The quantitative estimate of drug-likeness (QED) is 0.176. The number of carbonyl (C=O) groups is 2. The van der Waals surface area contributed by atoms with Gasteiger partial charge in [-0.2, -0.15) is 0 Å². The van der Waals surface area contributed by atoms with Gasteiger partial charge in [-0.3, -0.25) is 14.4 Å². The lowest BCUT2D eigenvalue weighted by atomic mass is 10.0. The van der Waals surface area contributed by atoms with Crippen LogP contribution >= 0.6 is 23.2 Å². The van der Waals surface area contributed by atoms with Gasteiger partial charge in [-0.15, -0.1) is 0 Å². The van der Waals surface area contributed by atoms with Gasteiger partial charge >= 0.3 is 0 Å². The lowest BCUT2D eigenvalue weighted by Gasteiger charge is -2.18. The Bertz CT molecular complexity index is 1620. The summed E-state index contributed by atoms with van der Waals surface area (Å²) >= 11 is 11.9. The van der Waals surface area contributed by atoms with E-state index in [9.17, 15) is 19.5 Å². The maximum absolute atomic E-state index is 13.1. The zero-order valence-electron chi connectivity index (χ0n) is 23.2. The highest BCUT2D eigenvalue weighted by atomic mass is 35.5. The molecular formula is C31H31Cl2N5O4. The molecule has 0 aliphatic rings. The number of anilines is 2. The molecule has 4 aromatic rings. The predicted octanol–water partition coefficient (Wildman–Crippen LogP) is 6.16. The minimum absolute atomic E-state index is 0.0625. The number of amides is 2. The molecule has 4 rings (SSSR count). The Balaban J connectivity index is 1.50. The Morgan fingerprint density at radius 3 is 2.36 bits per heavy atom. The summed E-state index contributed by atoms with van der Waals surface area (Å²) < 4.78 is 1.70. The van der Waals surface area contributed by atoms with Gasteiger partial charge in [0.25, 0.3) is 17.4 Å². The summed E-state index contributed by atoms with van der Waals surface area (Å²) in [5.74, 6) is -1.38. The van der Waals surface area contributed by atoms with Crippen LogP contribution in [0.3, 0.4) is 0 Å². The fraction of sp³-hybridized carbons (Fsp3) is 0.226. The predicted molar refractivity (Wildman–Crippen MR) is 167 cm³/mol. The molecule has 2 aromatic carbocycles. The third-order valence-electron chi connectivity index (χ3n) is 6.78. The van der Waals surface area contributed by atoms with Crippen LogP contribution in [0.15, 0.2) is 77.9 Å². The summed E-state index contributed by atoms with van der Waals surface area (Å²) in [5, 5.41) is 16.2. The number of halogens is 2. The summed E-state index contributed by atoms with van der Waals surface area (Å²) in [5.41, 5.74) is 1.17. The van der Waals surface area contributed by atoms with Gasteiger partial charge in [-0.05, 0) is 74.1 Å². The van der Waals surface area contributed by atoms with Crippen LogP contribution in [0.5, 0.6) is 5.75 Å². The summed E-state index contributed by atoms with van der Waals surface area (Å²) in [7, 11) is 0. The number of aryl methyl sites for hydroxylation is 1. The van der Waals surface area contributed by atoms with Crippen molar-refractivity contribution >= 4 is 46.5 Å². The Morgan fingerprint density at radius 2 is 1.69 bits per heavy atom. The first-order valence-corrected chi connectivity index (χ1v) is 14.2. The fourth-order valence-corrected chi connectivity index (χ4v) is 4.78. The Labute approximate surface area is 253 Å². The average Bonchev–Trinajstić information content (AvgIpc) is 2.98. The Hall–Kier alpha value is -4.18. The maximum atomic E-state index is 13.1. The number of pyridine rings is 2. The van der Waals surface area contributed by atoms with E-state index in [1.807, 2.05) is 6.07 Å². The number of hydrogen-bond donors (Lipinski definition) is 3. The molecule has 0 fully saturated rings. The van der Waals surface area contributed by atoms with Gasteiger partial charge in [0.05, 0.1) is 16.3 Å². The number of aromatic hydroxyl groups is 1. The van der Waals surface area contributed by atoms with Crippen LogP contribution in [0.4, 0.5) is 11.5 Å². The van der Waals surface area contributed by atoms with E-state index in [-0.39, 0.29) is 39.0 Å². The van der Waals surface area contributed by atoms with Gasteiger partial charge in [0, 0.05) is 41.2 Å². The van der Waals surface area contributed by atoms with Gasteiger partial charge in [0.1, 0.15) is 11.6 Å². The van der Waals surface area contributed by atoms with Gasteiger partial charge in [-0.1, -0.05) is 49.2 Å². The molecular weight excluding hydrogens is 577 g/mol. The van der Waals surface area contributed by atoms with Crippen molar-refractivity contribution in [3.8, 4) is 16.9 Å². The van der Waals surface area contributed by atoms with Crippen LogP contribution in [-0.4, -0.2) is 51.0 Å². The zero-order valence-corrected chi connectivity index (χ0v) is 24.7. The number of benzene rings is 2. The van der Waals surface area contributed by atoms with Gasteiger partial charge in [0.15, 0.2) is 0 Å². The molecule has 0 saturated heterocycles. The van der Waals surface area contributed by atoms with Crippen LogP contribution in [0.2, 0.25) is 10.0 Å². The molecule has 0 unspecified atom stereocenters. The SMILES string of the molecule is CCN(CC)CCCn1cccc(-c2ccc(C(=O)Nc3c(O)cc(Cl)cc3C(=O)Nc3ccc(Cl)cn3)cc2)c1=O. The summed E-state index contributed by atoms with van der Waals surface area (Å²) in [6.07, 6.45) is 4.01. The van der Waals surface area contributed by atoms with Gasteiger partial charge in [-0.25, -0.2) is 4.98 Å².